The van der Waals surface area contributed by atoms with Crippen molar-refractivity contribution in [3.05, 3.63) is 29.3 Å². The minimum absolute atomic E-state index is 0. The van der Waals surface area contributed by atoms with Crippen LogP contribution in [0.4, 0.5) is 0 Å². The fraction of sp³-hybridized carbons (Fsp3) is 0.333. The molecule has 0 amide bonds. The Morgan fingerprint density at radius 3 is 2.25 bits per heavy atom. The molecule has 63 valence electrons. The molecule has 0 unspecified atom stereocenters. The van der Waals surface area contributed by atoms with Crippen molar-refractivity contribution in [3.8, 4) is 5.75 Å². The maximum absolute atomic E-state index is 5.00. The second-order valence-electron chi connectivity index (χ2n) is 2.27. The molecule has 0 aromatic heterocycles. The van der Waals surface area contributed by atoms with Gasteiger partial charge < -0.3 is 16.9 Å². The van der Waals surface area contributed by atoms with Crippen molar-refractivity contribution in [3.63, 3.8) is 0 Å². The van der Waals surface area contributed by atoms with E-state index in [2.05, 4.69) is 12.1 Å². The average Bonchev–Trinajstić information content (AvgIpc) is 1.85. The minimum Gasteiger partial charge on any atom is -0.546 e. The van der Waals surface area contributed by atoms with Gasteiger partial charge in [-0.2, -0.15) is 0 Å². The molecule has 0 atom stereocenters. The van der Waals surface area contributed by atoms with Crippen molar-refractivity contribution >= 4 is 0 Å². The number of rotatable bonds is 1. The van der Waals surface area contributed by atoms with Gasteiger partial charge >= 0.3 is 0 Å². The van der Waals surface area contributed by atoms with Gasteiger partial charge in [-0.05, 0) is 0 Å². The summed E-state index contributed by atoms with van der Waals surface area (Å²) in [5.74, 6) is 0.786. The molecule has 0 saturated carbocycles. The zero-order valence-electron chi connectivity index (χ0n) is 7.47. The molecule has 1 radical (unpaired) electrons. The van der Waals surface area contributed by atoms with Crippen LogP contribution < -0.4 is 4.74 Å². The van der Waals surface area contributed by atoms with E-state index in [1.807, 2.05) is 19.9 Å². The van der Waals surface area contributed by atoms with Crippen molar-refractivity contribution in [2.75, 3.05) is 7.11 Å². The summed E-state index contributed by atoms with van der Waals surface area (Å²) in [7, 11) is 1.64. The largest absolute Gasteiger partial charge is 0.546 e. The first-order valence-corrected chi connectivity index (χ1v) is 3.19. The molecule has 1 aromatic carbocycles. The zero-order chi connectivity index (χ0) is 7.56. The number of aryl methyl sites for hydroxylation is 2. The second-order valence-corrected chi connectivity index (χ2v) is 2.27. The first-order chi connectivity index (χ1) is 4.72. The third-order valence-electron chi connectivity index (χ3n) is 1.26. The van der Waals surface area contributed by atoms with Crippen LogP contribution in [0.1, 0.15) is 11.1 Å². The first kappa shape index (κ1) is 15.3. The number of methoxy groups -OCH3 is 1. The van der Waals surface area contributed by atoms with E-state index in [0.717, 1.165) is 16.9 Å². The van der Waals surface area contributed by atoms with E-state index in [4.69, 9.17) is 4.74 Å². The third kappa shape index (κ3) is 4.74. The molecule has 0 aliphatic carbocycles. The zero-order valence-corrected chi connectivity index (χ0v) is 13.2. The molecule has 0 fully saturated rings. The van der Waals surface area contributed by atoms with Crippen LogP contribution in [0.2, 0.25) is 0 Å². The number of hydrogen-bond acceptors (Lipinski definition) is 1. The van der Waals surface area contributed by atoms with Gasteiger partial charge in [0, 0.05) is 53.8 Å². The van der Waals surface area contributed by atoms with Crippen molar-refractivity contribution in [1.29, 1.82) is 0 Å². The van der Waals surface area contributed by atoms with E-state index in [9.17, 15) is 0 Å². The van der Waals surface area contributed by atoms with Crippen molar-refractivity contribution < 1.29 is 58.5 Å². The summed E-state index contributed by atoms with van der Waals surface area (Å²) in [4.78, 5) is 0. The summed E-state index contributed by atoms with van der Waals surface area (Å²) < 4.78 is 5.00. The van der Waals surface area contributed by atoms with Crippen LogP contribution in [-0.2, 0) is 53.8 Å². The summed E-state index contributed by atoms with van der Waals surface area (Å²) in [5, 5.41) is 0. The third-order valence-corrected chi connectivity index (χ3v) is 1.26. The van der Waals surface area contributed by atoms with Crippen molar-refractivity contribution in [1.82, 2.24) is 0 Å². The molecule has 3 heteroatoms. The van der Waals surface area contributed by atoms with Gasteiger partial charge in [-0.25, -0.2) is 6.07 Å². The summed E-state index contributed by atoms with van der Waals surface area (Å²) >= 11 is 0. The molecule has 1 rings (SSSR count). The fourth-order valence-electron chi connectivity index (χ4n) is 0.891. The number of hydrogen-bond donors (Lipinski definition) is 0. The predicted molar refractivity (Wildman–Crippen MR) is 40.1 cm³/mol. The molecule has 0 spiro atoms. The Balaban J connectivity index is 0. The predicted octanol–water partition coefficient (Wildman–Crippen LogP) is 1.91. The van der Waals surface area contributed by atoms with Crippen LogP contribution in [-0.4, -0.2) is 7.11 Å². The van der Waals surface area contributed by atoms with Crippen molar-refractivity contribution in [2.45, 2.75) is 13.8 Å². The Labute approximate surface area is 113 Å². The Bertz CT molecular complexity index is 218. The second kappa shape index (κ2) is 7.24. The smallest absolute Gasteiger partial charge is 0.0715 e. The van der Waals surface area contributed by atoms with Crippen LogP contribution in [0.3, 0.4) is 0 Å². The maximum Gasteiger partial charge on any atom is 0.0715 e. The SMILES string of the molecule is COc1[c-]c(C)[c-]c(C)c1.[W].[Y]. The fourth-order valence-corrected chi connectivity index (χ4v) is 0.891. The number of ether oxygens (including phenoxy) is 1. The van der Waals surface area contributed by atoms with Crippen LogP contribution in [0.15, 0.2) is 6.07 Å². The van der Waals surface area contributed by atoms with Crippen LogP contribution in [0, 0.1) is 26.0 Å². The Kier molecular flexibility index (Phi) is 9.22. The summed E-state index contributed by atoms with van der Waals surface area (Å²) in [6.07, 6.45) is 0. The van der Waals surface area contributed by atoms with Gasteiger partial charge in [0.25, 0.3) is 0 Å². The van der Waals surface area contributed by atoms with E-state index < -0.39 is 0 Å². The van der Waals surface area contributed by atoms with E-state index in [1.165, 1.54) is 0 Å². The Morgan fingerprint density at radius 2 is 1.83 bits per heavy atom. The van der Waals surface area contributed by atoms with E-state index >= 15 is 0 Å². The van der Waals surface area contributed by atoms with E-state index in [1.54, 1.807) is 7.11 Å². The molecule has 0 aliphatic heterocycles. The molecular formula is C9H10OWY-2. The van der Waals surface area contributed by atoms with Gasteiger partial charge in [0.2, 0.25) is 0 Å². The van der Waals surface area contributed by atoms with Gasteiger partial charge in [0.15, 0.2) is 0 Å². The average molecular weight is 407 g/mol. The Hall–Kier alpha value is 0.812. The van der Waals surface area contributed by atoms with Crippen LogP contribution >= 0.6 is 0 Å². The van der Waals surface area contributed by atoms with Gasteiger partial charge in [-0.15, -0.1) is 5.75 Å². The Morgan fingerprint density at radius 1 is 1.25 bits per heavy atom. The quantitative estimate of drug-likeness (QED) is 0.647. The van der Waals surface area contributed by atoms with E-state index in [0.29, 0.717) is 0 Å². The normalized spacial score (nSPS) is 7.92. The van der Waals surface area contributed by atoms with Gasteiger partial charge in [0.1, 0.15) is 0 Å². The summed E-state index contributed by atoms with van der Waals surface area (Å²) in [6.45, 7) is 3.94. The molecular weight excluding hydrogens is 397 g/mol. The minimum atomic E-state index is 0. The maximum atomic E-state index is 5.00. The monoisotopic (exact) mass is 407 g/mol. The van der Waals surface area contributed by atoms with Crippen molar-refractivity contribution in [2.24, 2.45) is 0 Å². The molecule has 0 saturated heterocycles. The van der Waals surface area contributed by atoms with Gasteiger partial charge in [0.05, 0.1) is 7.11 Å². The van der Waals surface area contributed by atoms with Gasteiger partial charge in [-0.1, -0.05) is 13.8 Å². The molecule has 12 heavy (non-hydrogen) atoms. The summed E-state index contributed by atoms with van der Waals surface area (Å²) in [6, 6.07) is 8.04. The molecule has 0 aliphatic rings. The van der Waals surface area contributed by atoms with E-state index in [-0.39, 0.29) is 53.8 Å². The molecule has 1 nitrogen and oxygen atoms in total. The molecule has 0 N–H and O–H groups in total. The standard InChI is InChI=1S/C9H10O.W.Y/c1-7-4-8(2)6-9(5-7)10-3;;/h5H,1-3H3;;/q-2;;. The number of benzene rings is 1. The van der Waals surface area contributed by atoms with Gasteiger partial charge in [-0.3, -0.25) is 11.1 Å². The van der Waals surface area contributed by atoms with Crippen LogP contribution in [0.5, 0.6) is 5.75 Å². The topological polar surface area (TPSA) is 9.23 Å². The first-order valence-electron chi connectivity index (χ1n) is 3.19. The molecule has 1 aromatic rings. The molecule has 0 heterocycles. The summed E-state index contributed by atoms with van der Waals surface area (Å²) in [5.41, 5.74) is 2.09. The van der Waals surface area contributed by atoms with Crippen LogP contribution in [0.25, 0.3) is 0 Å². The molecule has 0 bridgehead atoms.